The molecule has 4 rings (SSSR count). The average molecular weight is 521 g/mol. The van der Waals surface area contributed by atoms with Crippen LogP contribution in [0.3, 0.4) is 0 Å². The van der Waals surface area contributed by atoms with Crippen LogP contribution in [0.5, 0.6) is 0 Å². The van der Waals surface area contributed by atoms with Crippen molar-refractivity contribution < 1.29 is 14.5 Å². The number of anilines is 3. The lowest BCUT2D eigenvalue weighted by molar-refractivity contribution is 0.217. The van der Waals surface area contributed by atoms with Crippen LogP contribution in [0.1, 0.15) is 23.6 Å². The van der Waals surface area contributed by atoms with Gasteiger partial charge >= 0.3 is 7.41 Å². The van der Waals surface area contributed by atoms with Crippen LogP contribution in [-0.4, -0.2) is 55.2 Å². The molecule has 2 N–H and O–H groups in total. The molecule has 1 aliphatic rings. The number of aryl methyl sites for hydroxylation is 1. The van der Waals surface area contributed by atoms with Gasteiger partial charge in [0.15, 0.2) is 0 Å². The van der Waals surface area contributed by atoms with E-state index in [4.69, 9.17) is 11.6 Å². The van der Waals surface area contributed by atoms with E-state index in [1.807, 2.05) is 26.0 Å². The van der Waals surface area contributed by atoms with Crippen LogP contribution in [-0.2, 0) is 14.8 Å². The SMILES string of the molecule is Cc1cc(P(C)(C)=O)c(Cl)cc1Nc1nccc(-c2cc(C#N)c3c(c2)[C@@](C)(CO)CN3[B]C=O)n1. The van der Waals surface area contributed by atoms with Gasteiger partial charge in [-0.3, -0.25) is 0 Å². The molecule has 2 aromatic carbocycles. The molecule has 0 aliphatic carbocycles. The second kappa shape index (κ2) is 9.70. The molecule has 2 heterocycles. The smallest absolute Gasteiger partial charge is 0.329 e. The highest BCUT2D eigenvalue weighted by molar-refractivity contribution is 7.70. The zero-order valence-electron chi connectivity index (χ0n) is 20.4. The number of carbonyl (C=O) groups is 1. The number of aliphatic hydroxyl groups is 1. The Morgan fingerprint density at radius 1 is 1.36 bits per heavy atom. The van der Waals surface area contributed by atoms with E-state index in [-0.39, 0.29) is 6.61 Å². The van der Waals surface area contributed by atoms with Gasteiger partial charge in [-0.25, -0.2) is 9.97 Å². The van der Waals surface area contributed by atoms with Crippen molar-refractivity contribution >= 4 is 55.0 Å². The van der Waals surface area contributed by atoms with E-state index >= 15 is 0 Å². The maximum Gasteiger partial charge on any atom is 0.329 e. The average Bonchev–Trinajstić information content (AvgIpc) is 3.12. The third kappa shape index (κ3) is 4.77. The number of nitrogens with zero attached hydrogens (tertiary/aromatic N) is 4. The molecule has 0 spiro atoms. The van der Waals surface area contributed by atoms with Gasteiger partial charge in [0, 0.05) is 40.4 Å². The van der Waals surface area contributed by atoms with Gasteiger partial charge in [-0.1, -0.05) is 18.5 Å². The summed E-state index contributed by atoms with van der Waals surface area (Å²) in [6.45, 7) is 7.37. The van der Waals surface area contributed by atoms with E-state index < -0.39 is 12.6 Å². The summed E-state index contributed by atoms with van der Waals surface area (Å²) < 4.78 is 12.5. The standard InChI is InChI=1S/C25H25BClN5O3P/c1-15-7-22(36(3,4)35)19(27)10-21(15)31-24-29-6-5-20(30-24)16-8-17(11-28)23-18(9-16)25(2,13-33)12-32(23)26-14-34/h5-10,14,33H,12-13H2,1-4H3,(H,29,30,31)/t25-/m1/s1. The Kier molecular flexibility index (Phi) is 6.98. The van der Waals surface area contributed by atoms with Crippen molar-refractivity contribution in [2.45, 2.75) is 19.3 Å². The van der Waals surface area contributed by atoms with Gasteiger partial charge in [0.25, 0.3) is 0 Å². The minimum atomic E-state index is -2.53. The fourth-order valence-corrected chi connectivity index (χ4v) is 6.28. The van der Waals surface area contributed by atoms with Crippen molar-refractivity contribution in [2.24, 2.45) is 0 Å². The van der Waals surface area contributed by atoms with Crippen molar-refractivity contribution in [3.8, 4) is 17.3 Å². The van der Waals surface area contributed by atoms with Crippen LogP contribution in [0, 0.1) is 18.3 Å². The van der Waals surface area contributed by atoms with Crippen LogP contribution in [0.15, 0.2) is 36.5 Å². The van der Waals surface area contributed by atoms with Crippen molar-refractivity contribution in [1.82, 2.24) is 9.97 Å². The zero-order chi connectivity index (χ0) is 26.3. The predicted octanol–water partition coefficient (Wildman–Crippen LogP) is 3.85. The molecule has 11 heteroatoms. The van der Waals surface area contributed by atoms with Crippen molar-refractivity contribution in [3.05, 3.63) is 58.2 Å². The number of nitriles is 1. The fourth-order valence-electron chi connectivity index (χ4n) is 4.43. The number of benzene rings is 2. The number of hydrogen-bond acceptors (Lipinski definition) is 8. The second-order valence-corrected chi connectivity index (χ2v) is 13.1. The summed E-state index contributed by atoms with van der Waals surface area (Å²) in [4.78, 5) is 21.8. The summed E-state index contributed by atoms with van der Waals surface area (Å²) in [5, 5.41) is 24.2. The molecule has 0 amide bonds. The van der Waals surface area contributed by atoms with Crippen LogP contribution < -0.4 is 15.4 Å². The Balaban J connectivity index is 1.75. The molecule has 36 heavy (non-hydrogen) atoms. The summed E-state index contributed by atoms with van der Waals surface area (Å²) in [6, 6.07) is 11.1. The number of aromatic nitrogens is 2. The largest absolute Gasteiger partial charge is 0.410 e. The third-order valence-electron chi connectivity index (χ3n) is 6.35. The molecular weight excluding hydrogens is 496 g/mol. The van der Waals surface area contributed by atoms with Gasteiger partial charge < -0.3 is 24.6 Å². The minimum absolute atomic E-state index is 0.146. The number of aliphatic hydroxyl groups excluding tert-OH is 1. The molecule has 0 saturated heterocycles. The maximum absolute atomic E-state index is 12.5. The summed E-state index contributed by atoms with van der Waals surface area (Å²) >= 11 is 6.41. The molecule has 0 fully saturated rings. The van der Waals surface area contributed by atoms with E-state index in [1.54, 1.807) is 42.5 Å². The Bertz CT molecular complexity index is 1450. The summed E-state index contributed by atoms with van der Waals surface area (Å²) in [5.74, 6) is 0.329. The molecule has 0 bridgehead atoms. The van der Waals surface area contributed by atoms with E-state index in [9.17, 15) is 19.7 Å². The predicted molar refractivity (Wildman–Crippen MR) is 145 cm³/mol. The lowest BCUT2D eigenvalue weighted by atomic mass is 9.83. The van der Waals surface area contributed by atoms with E-state index in [1.165, 1.54) is 7.41 Å². The van der Waals surface area contributed by atoms with Gasteiger partial charge in [0.05, 0.1) is 22.9 Å². The van der Waals surface area contributed by atoms with Crippen molar-refractivity contribution in [3.63, 3.8) is 0 Å². The lowest BCUT2D eigenvalue weighted by Crippen LogP contribution is -2.36. The Morgan fingerprint density at radius 2 is 2.11 bits per heavy atom. The first kappa shape index (κ1) is 25.9. The van der Waals surface area contributed by atoms with Crippen LogP contribution in [0.2, 0.25) is 5.02 Å². The van der Waals surface area contributed by atoms with Gasteiger partial charge in [-0.15, -0.1) is 0 Å². The molecule has 1 radical (unpaired) electrons. The molecule has 1 atom stereocenters. The first-order chi connectivity index (χ1) is 17.0. The van der Waals surface area contributed by atoms with Crippen LogP contribution >= 0.6 is 18.7 Å². The monoisotopic (exact) mass is 520 g/mol. The van der Waals surface area contributed by atoms with Crippen molar-refractivity contribution in [1.29, 1.82) is 5.26 Å². The molecule has 0 unspecified atom stereocenters. The van der Waals surface area contributed by atoms with Gasteiger partial charge in [-0.2, -0.15) is 5.26 Å². The van der Waals surface area contributed by atoms with Crippen LogP contribution in [0.25, 0.3) is 11.3 Å². The van der Waals surface area contributed by atoms with E-state index in [0.717, 1.165) is 11.1 Å². The minimum Gasteiger partial charge on any atom is -0.410 e. The second-order valence-electron chi connectivity index (χ2n) is 9.52. The molecule has 8 nitrogen and oxygen atoms in total. The van der Waals surface area contributed by atoms with E-state index in [2.05, 4.69) is 21.4 Å². The number of carbonyl (C=O) groups excluding carboxylic acids is 1. The first-order valence-electron chi connectivity index (χ1n) is 11.2. The highest BCUT2D eigenvalue weighted by Gasteiger charge is 2.40. The quantitative estimate of drug-likeness (QED) is 0.274. The fraction of sp³-hybridized carbons (Fsp3) is 0.280. The molecular formula is C25H25BClN5O3P. The zero-order valence-corrected chi connectivity index (χ0v) is 22.1. The maximum atomic E-state index is 12.5. The molecule has 183 valence electrons. The van der Waals surface area contributed by atoms with Crippen molar-refractivity contribution in [2.75, 3.05) is 36.6 Å². The molecule has 1 aliphatic heterocycles. The number of halogens is 1. The summed E-state index contributed by atoms with van der Waals surface area (Å²) in [5.41, 5.74) is 3.92. The highest BCUT2D eigenvalue weighted by Crippen LogP contribution is 2.44. The van der Waals surface area contributed by atoms with Crippen LogP contribution in [0.4, 0.5) is 17.3 Å². The highest BCUT2D eigenvalue weighted by atomic mass is 35.5. The number of rotatable bonds is 7. The molecule has 3 aromatic rings. The number of hydrogen-bond donors (Lipinski definition) is 2. The Labute approximate surface area is 216 Å². The number of nitrogens with one attached hydrogen (secondary N) is 1. The van der Waals surface area contributed by atoms with Gasteiger partial charge in [0.1, 0.15) is 19.4 Å². The third-order valence-corrected chi connectivity index (χ3v) is 8.32. The Hall–Kier alpha value is -3.18. The summed E-state index contributed by atoms with van der Waals surface area (Å²) in [7, 11) is -1.15. The number of fused-ring (bicyclic) bond motifs is 1. The molecule has 0 saturated carbocycles. The normalized spacial score (nSPS) is 16.9. The van der Waals surface area contributed by atoms with E-state index in [0.29, 0.717) is 57.2 Å². The molecule has 1 aromatic heterocycles. The van der Waals surface area contributed by atoms with Gasteiger partial charge in [0.2, 0.25) is 5.95 Å². The van der Waals surface area contributed by atoms with Gasteiger partial charge in [-0.05, 0) is 61.7 Å². The summed E-state index contributed by atoms with van der Waals surface area (Å²) in [6.07, 6.45) is 2.28. The Morgan fingerprint density at radius 3 is 2.75 bits per heavy atom. The first-order valence-corrected chi connectivity index (χ1v) is 14.2. The lowest BCUT2D eigenvalue weighted by Gasteiger charge is -2.23. The topological polar surface area (TPSA) is 119 Å².